The predicted molar refractivity (Wildman–Crippen MR) is 91.6 cm³/mol. The summed E-state index contributed by atoms with van der Waals surface area (Å²) in [6.45, 7) is 1.79. The van der Waals surface area contributed by atoms with Crippen LogP contribution < -0.4 is 4.74 Å². The van der Waals surface area contributed by atoms with E-state index >= 15 is 0 Å². The topological polar surface area (TPSA) is 39.2 Å². The number of benzene rings is 1. The van der Waals surface area contributed by atoms with E-state index in [1.807, 2.05) is 12.1 Å². The molecule has 138 valence electrons. The van der Waals surface area contributed by atoms with E-state index in [0.29, 0.717) is 23.7 Å². The van der Waals surface area contributed by atoms with Crippen molar-refractivity contribution in [2.45, 2.75) is 44.9 Å². The number of hydrogen-bond donors (Lipinski definition) is 0. The lowest BCUT2D eigenvalue weighted by Crippen LogP contribution is -2.08. The van der Waals surface area contributed by atoms with Crippen molar-refractivity contribution >= 4 is 17.4 Å². The van der Waals surface area contributed by atoms with Crippen LogP contribution in [0.25, 0.3) is 0 Å². The van der Waals surface area contributed by atoms with E-state index in [9.17, 15) is 18.0 Å². The van der Waals surface area contributed by atoms with E-state index < -0.39 is 11.7 Å². The van der Waals surface area contributed by atoms with E-state index in [4.69, 9.17) is 16.3 Å². The number of aromatic nitrogens is 1. The van der Waals surface area contributed by atoms with Crippen LogP contribution in [0.15, 0.2) is 30.3 Å². The number of hydrogen-bond acceptors (Lipinski definition) is 3. The predicted octanol–water partition coefficient (Wildman–Crippen LogP) is 5.80. The lowest BCUT2D eigenvalue weighted by molar-refractivity contribution is -0.137. The zero-order chi connectivity index (χ0) is 18.9. The van der Waals surface area contributed by atoms with E-state index in [1.54, 1.807) is 6.92 Å². The molecule has 1 fully saturated rings. The summed E-state index contributed by atoms with van der Waals surface area (Å²) in [5, 5.41) is -0.122. The molecule has 0 spiro atoms. The monoisotopic (exact) mass is 383 g/mol. The maximum atomic E-state index is 12.7. The average Bonchev–Trinajstić information content (AvgIpc) is 3.44. The molecule has 1 saturated carbocycles. The summed E-state index contributed by atoms with van der Waals surface area (Å²) in [5.74, 6) is 0.526. The smallest absolute Gasteiger partial charge is 0.416 e. The molecule has 1 aliphatic carbocycles. The average molecular weight is 384 g/mol. The molecule has 1 heterocycles. The Labute approximate surface area is 154 Å². The van der Waals surface area contributed by atoms with Gasteiger partial charge >= 0.3 is 6.18 Å². The van der Waals surface area contributed by atoms with Gasteiger partial charge in [0.15, 0.2) is 5.78 Å². The summed E-state index contributed by atoms with van der Waals surface area (Å²) >= 11 is 5.90. The van der Waals surface area contributed by atoms with Gasteiger partial charge in [-0.2, -0.15) is 13.2 Å². The van der Waals surface area contributed by atoms with Crippen LogP contribution in [0.1, 0.15) is 59.4 Å². The summed E-state index contributed by atoms with van der Waals surface area (Å²) in [5.41, 5.74) is 1.17. The minimum Gasteiger partial charge on any atom is -0.486 e. The molecule has 0 radical (unpaired) electrons. The molecule has 3 rings (SSSR count). The fourth-order valence-electron chi connectivity index (χ4n) is 2.61. The number of ether oxygens (including phenoxy) is 1. The number of carbonyl (C=O) groups is 1. The molecule has 0 amide bonds. The SMILES string of the molecule is CCC(=O)c1cc(C2CC2)cc(COc2ccc(C(F)(F)F)cc2Cl)n1. The summed E-state index contributed by atoms with van der Waals surface area (Å²) in [6, 6.07) is 6.63. The van der Waals surface area contributed by atoms with Gasteiger partial charge in [-0.3, -0.25) is 4.79 Å². The van der Waals surface area contributed by atoms with Crippen molar-refractivity contribution in [2.24, 2.45) is 0 Å². The van der Waals surface area contributed by atoms with Gasteiger partial charge in [0.2, 0.25) is 0 Å². The summed E-state index contributed by atoms with van der Waals surface area (Å²) in [7, 11) is 0. The van der Waals surface area contributed by atoms with Crippen LogP contribution in [-0.4, -0.2) is 10.8 Å². The van der Waals surface area contributed by atoms with Crippen molar-refractivity contribution < 1.29 is 22.7 Å². The first kappa shape index (κ1) is 18.7. The number of pyridine rings is 1. The summed E-state index contributed by atoms with van der Waals surface area (Å²) < 4.78 is 43.6. The van der Waals surface area contributed by atoms with E-state index in [0.717, 1.165) is 30.5 Å². The van der Waals surface area contributed by atoms with Gasteiger partial charge in [-0.05, 0) is 54.7 Å². The Morgan fingerprint density at radius 1 is 1.27 bits per heavy atom. The third-order valence-corrected chi connectivity index (χ3v) is 4.49. The highest BCUT2D eigenvalue weighted by molar-refractivity contribution is 6.32. The van der Waals surface area contributed by atoms with Gasteiger partial charge in [0.05, 0.1) is 16.3 Å². The van der Waals surface area contributed by atoms with Crippen LogP contribution >= 0.6 is 11.6 Å². The molecule has 1 aromatic carbocycles. The van der Waals surface area contributed by atoms with E-state index in [-0.39, 0.29) is 23.2 Å². The highest BCUT2D eigenvalue weighted by Gasteiger charge is 2.31. The van der Waals surface area contributed by atoms with Crippen molar-refractivity contribution in [2.75, 3.05) is 0 Å². The first-order valence-electron chi connectivity index (χ1n) is 8.31. The molecule has 0 atom stereocenters. The first-order valence-corrected chi connectivity index (χ1v) is 8.69. The molecule has 1 aliphatic rings. The lowest BCUT2D eigenvalue weighted by Gasteiger charge is -2.12. The van der Waals surface area contributed by atoms with Gasteiger partial charge in [0.1, 0.15) is 18.1 Å². The molecule has 3 nitrogen and oxygen atoms in total. The van der Waals surface area contributed by atoms with Gasteiger partial charge in [0.25, 0.3) is 0 Å². The number of nitrogens with zero attached hydrogens (tertiary/aromatic N) is 1. The molecular formula is C19H17ClF3NO2. The number of carbonyl (C=O) groups excluding carboxylic acids is 1. The largest absolute Gasteiger partial charge is 0.486 e. The third-order valence-electron chi connectivity index (χ3n) is 4.19. The Morgan fingerprint density at radius 2 is 2.00 bits per heavy atom. The second-order valence-electron chi connectivity index (χ2n) is 6.26. The second-order valence-corrected chi connectivity index (χ2v) is 6.67. The molecule has 0 N–H and O–H groups in total. The number of halogens is 4. The Balaban J connectivity index is 1.79. The van der Waals surface area contributed by atoms with Gasteiger partial charge < -0.3 is 4.74 Å². The molecule has 0 saturated heterocycles. The normalized spacial score (nSPS) is 14.3. The Kier molecular flexibility index (Phi) is 5.23. The van der Waals surface area contributed by atoms with Crippen LogP contribution in [0.3, 0.4) is 0 Å². The number of ketones is 1. The van der Waals surface area contributed by atoms with Crippen molar-refractivity contribution in [1.82, 2.24) is 4.98 Å². The molecule has 7 heteroatoms. The second kappa shape index (κ2) is 7.27. The molecule has 0 aliphatic heterocycles. The van der Waals surface area contributed by atoms with Crippen molar-refractivity contribution in [3.8, 4) is 5.75 Å². The number of alkyl halides is 3. The Bertz CT molecular complexity index is 832. The maximum Gasteiger partial charge on any atom is 0.416 e. The summed E-state index contributed by atoms with van der Waals surface area (Å²) in [4.78, 5) is 16.3. The maximum absolute atomic E-state index is 12.7. The quantitative estimate of drug-likeness (QED) is 0.591. The highest BCUT2D eigenvalue weighted by atomic mass is 35.5. The zero-order valence-electron chi connectivity index (χ0n) is 14.1. The van der Waals surface area contributed by atoms with Crippen LogP contribution in [0, 0.1) is 0 Å². The fraction of sp³-hybridized carbons (Fsp3) is 0.368. The first-order chi connectivity index (χ1) is 12.3. The molecule has 0 unspecified atom stereocenters. The molecular weight excluding hydrogens is 367 g/mol. The standard InChI is InChI=1S/C19H17ClF3NO2/c1-2-17(25)16-8-12(11-3-4-11)7-14(24-16)10-26-18-6-5-13(9-15(18)20)19(21,22)23/h5-9,11H,2-4,10H2,1H3. The third kappa shape index (κ3) is 4.36. The minimum absolute atomic E-state index is 0.0235. The minimum atomic E-state index is -4.46. The molecule has 0 bridgehead atoms. The fourth-order valence-corrected chi connectivity index (χ4v) is 2.84. The van der Waals surface area contributed by atoms with E-state index in [2.05, 4.69) is 4.98 Å². The van der Waals surface area contributed by atoms with Gasteiger partial charge in [0, 0.05) is 6.42 Å². The van der Waals surface area contributed by atoms with Crippen molar-refractivity contribution in [3.05, 3.63) is 57.9 Å². The van der Waals surface area contributed by atoms with Crippen LogP contribution in [0.2, 0.25) is 5.02 Å². The van der Waals surface area contributed by atoms with Crippen molar-refractivity contribution in [1.29, 1.82) is 0 Å². The van der Waals surface area contributed by atoms with Crippen molar-refractivity contribution in [3.63, 3.8) is 0 Å². The van der Waals surface area contributed by atoms with Gasteiger partial charge in [-0.25, -0.2) is 4.98 Å². The Hall–Kier alpha value is -2.08. The molecule has 2 aromatic rings. The number of rotatable bonds is 6. The lowest BCUT2D eigenvalue weighted by atomic mass is 10.1. The van der Waals surface area contributed by atoms with E-state index in [1.165, 1.54) is 6.07 Å². The molecule has 26 heavy (non-hydrogen) atoms. The van der Waals surface area contributed by atoms with Gasteiger partial charge in [-0.1, -0.05) is 18.5 Å². The van der Waals surface area contributed by atoms with Gasteiger partial charge in [-0.15, -0.1) is 0 Å². The summed E-state index contributed by atoms with van der Waals surface area (Å²) in [6.07, 6.45) is -1.95. The highest BCUT2D eigenvalue weighted by Crippen LogP contribution is 2.40. The molecule has 1 aromatic heterocycles. The van der Waals surface area contributed by atoms with Crippen LogP contribution in [-0.2, 0) is 12.8 Å². The Morgan fingerprint density at radius 3 is 2.58 bits per heavy atom. The van der Waals surface area contributed by atoms with Crippen LogP contribution in [0.4, 0.5) is 13.2 Å². The van der Waals surface area contributed by atoms with Crippen LogP contribution in [0.5, 0.6) is 5.75 Å². The number of Topliss-reactive ketones (excluding diaryl/α,β-unsaturated/α-hetero) is 1. The zero-order valence-corrected chi connectivity index (χ0v) is 14.8.